The molecule has 2 amide bonds. The highest BCUT2D eigenvalue weighted by Crippen LogP contribution is 2.17. The lowest BCUT2D eigenvalue weighted by molar-refractivity contribution is 0.199. The first-order valence-electron chi connectivity index (χ1n) is 5.12. The molecule has 0 spiro atoms. The number of hydrogen-bond acceptors (Lipinski definition) is 2. The number of nitrogens with zero attached hydrogens (tertiary/aromatic N) is 2. The van der Waals surface area contributed by atoms with Gasteiger partial charge in [-0.3, -0.25) is 0 Å². The average Bonchev–Trinajstić information content (AvgIpc) is 2.30. The van der Waals surface area contributed by atoms with Crippen molar-refractivity contribution in [1.82, 2.24) is 4.90 Å². The molecular formula is C11H15N3O. The maximum absolute atomic E-state index is 11.1. The van der Waals surface area contributed by atoms with Crippen molar-refractivity contribution in [3.05, 3.63) is 30.3 Å². The van der Waals surface area contributed by atoms with Gasteiger partial charge in [0.25, 0.3) is 0 Å². The predicted octanol–water partition coefficient (Wildman–Crippen LogP) is 1.23. The Morgan fingerprint density at radius 2 is 1.93 bits per heavy atom. The molecular weight excluding hydrogens is 190 g/mol. The van der Waals surface area contributed by atoms with Crippen LogP contribution in [0.25, 0.3) is 0 Å². The number of urea groups is 1. The van der Waals surface area contributed by atoms with E-state index >= 15 is 0 Å². The second-order valence-electron chi connectivity index (χ2n) is 3.70. The van der Waals surface area contributed by atoms with Crippen LogP contribution in [0.3, 0.4) is 0 Å². The molecule has 2 N–H and O–H groups in total. The average molecular weight is 205 g/mol. The summed E-state index contributed by atoms with van der Waals surface area (Å²) in [6.07, 6.45) is 0.970. The largest absolute Gasteiger partial charge is 0.354 e. The number of carbonyl (C=O) groups excluding carboxylic acids is 1. The summed E-state index contributed by atoms with van der Waals surface area (Å²) in [6, 6.07) is 9.74. The van der Waals surface area contributed by atoms with Crippen molar-refractivity contribution in [2.75, 3.05) is 24.7 Å². The molecule has 0 aromatic heterocycles. The number of hydrogen-bond donors (Lipinski definition) is 1. The number of primary amides is 1. The topological polar surface area (TPSA) is 49.6 Å². The maximum Gasteiger partial charge on any atom is 0.316 e. The first-order valence-corrected chi connectivity index (χ1v) is 5.12. The molecule has 4 heteroatoms. The molecule has 0 bridgehead atoms. The van der Waals surface area contributed by atoms with Crippen molar-refractivity contribution in [3.8, 4) is 0 Å². The molecule has 0 unspecified atom stereocenters. The molecule has 2 rings (SSSR count). The van der Waals surface area contributed by atoms with E-state index in [2.05, 4.69) is 4.90 Å². The van der Waals surface area contributed by atoms with Gasteiger partial charge in [-0.2, -0.15) is 0 Å². The molecule has 0 atom stereocenters. The Labute approximate surface area is 89.3 Å². The van der Waals surface area contributed by atoms with Gasteiger partial charge in [0.05, 0.1) is 6.67 Å². The molecule has 0 aliphatic carbocycles. The first-order chi connectivity index (χ1) is 7.27. The standard InChI is InChI=1S/C11H15N3O/c12-11(15)14-8-4-7-13(9-14)10-5-2-1-3-6-10/h1-3,5-6H,4,7-9H2,(H2,12,15). The van der Waals surface area contributed by atoms with Gasteiger partial charge in [-0.05, 0) is 18.6 Å². The third-order valence-electron chi connectivity index (χ3n) is 2.63. The van der Waals surface area contributed by atoms with Gasteiger partial charge in [0, 0.05) is 18.8 Å². The predicted molar refractivity (Wildman–Crippen MR) is 59.6 cm³/mol. The summed E-state index contributed by atoms with van der Waals surface area (Å²) in [7, 11) is 0. The SMILES string of the molecule is NC(=O)N1CCCN(c2ccccc2)C1. The fourth-order valence-electron chi connectivity index (χ4n) is 1.83. The highest BCUT2D eigenvalue weighted by atomic mass is 16.2. The van der Waals surface area contributed by atoms with Crippen LogP contribution >= 0.6 is 0 Å². The first kappa shape index (κ1) is 9.83. The molecule has 80 valence electrons. The number of benzene rings is 1. The molecule has 1 saturated heterocycles. The van der Waals surface area contributed by atoms with E-state index < -0.39 is 0 Å². The second-order valence-corrected chi connectivity index (χ2v) is 3.70. The molecule has 0 radical (unpaired) electrons. The highest BCUT2D eigenvalue weighted by Gasteiger charge is 2.19. The molecule has 15 heavy (non-hydrogen) atoms. The number of anilines is 1. The zero-order chi connectivity index (χ0) is 10.7. The van der Waals surface area contributed by atoms with Crippen LogP contribution in [0.15, 0.2) is 30.3 Å². The lowest BCUT2D eigenvalue weighted by atomic mass is 10.2. The summed E-state index contributed by atoms with van der Waals surface area (Å²) in [5.41, 5.74) is 6.41. The van der Waals surface area contributed by atoms with Gasteiger partial charge in [-0.1, -0.05) is 18.2 Å². The minimum Gasteiger partial charge on any atom is -0.354 e. The molecule has 1 heterocycles. The van der Waals surface area contributed by atoms with Crippen molar-refractivity contribution in [2.45, 2.75) is 6.42 Å². The van der Waals surface area contributed by atoms with Crippen molar-refractivity contribution in [1.29, 1.82) is 0 Å². The van der Waals surface area contributed by atoms with Crippen molar-refractivity contribution >= 4 is 11.7 Å². The lowest BCUT2D eigenvalue weighted by Crippen LogP contribution is -2.49. The van der Waals surface area contributed by atoms with Crippen LogP contribution in [0.5, 0.6) is 0 Å². The summed E-state index contributed by atoms with van der Waals surface area (Å²) in [5, 5.41) is 0. The Hall–Kier alpha value is -1.71. The minimum atomic E-state index is -0.337. The van der Waals surface area contributed by atoms with Crippen LogP contribution in [0, 0.1) is 0 Å². The smallest absolute Gasteiger partial charge is 0.316 e. The van der Waals surface area contributed by atoms with E-state index in [0.717, 1.165) is 25.2 Å². The van der Waals surface area contributed by atoms with Crippen LogP contribution in [0.2, 0.25) is 0 Å². The fraction of sp³-hybridized carbons (Fsp3) is 0.364. The minimum absolute atomic E-state index is 0.337. The van der Waals surface area contributed by atoms with E-state index in [1.54, 1.807) is 4.90 Å². The molecule has 1 aliphatic heterocycles. The highest BCUT2D eigenvalue weighted by molar-refractivity contribution is 5.72. The van der Waals surface area contributed by atoms with Crippen molar-refractivity contribution < 1.29 is 4.79 Å². The van der Waals surface area contributed by atoms with E-state index in [0.29, 0.717) is 6.67 Å². The maximum atomic E-state index is 11.1. The summed E-state index contributed by atoms with van der Waals surface area (Å²) >= 11 is 0. The number of carbonyl (C=O) groups is 1. The Morgan fingerprint density at radius 3 is 2.60 bits per heavy atom. The van der Waals surface area contributed by atoms with E-state index in [1.165, 1.54) is 0 Å². The Balaban J connectivity index is 2.08. The third kappa shape index (κ3) is 2.21. The summed E-state index contributed by atoms with van der Waals surface area (Å²) in [6.45, 7) is 2.34. The number of rotatable bonds is 1. The normalized spacial score (nSPS) is 16.5. The van der Waals surface area contributed by atoms with Gasteiger partial charge < -0.3 is 15.5 Å². The molecule has 1 aromatic rings. The number of nitrogens with two attached hydrogens (primary N) is 1. The quantitative estimate of drug-likeness (QED) is 0.749. The molecule has 4 nitrogen and oxygen atoms in total. The van der Waals surface area contributed by atoms with Gasteiger partial charge >= 0.3 is 6.03 Å². The van der Waals surface area contributed by atoms with Crippen molar-refractivity contribution in [3.63, 3.8) is 0 Å². The van der Waals surface area contributed by atoms with Gasteiger partial charge in [0.1, 0.15) is 0 Å². The summed E-state index contributed by atoms with van der Waals surface area (Å²) < 4.78 is 0. The van der Waals surface area contributed by atoms with Crippen LogP contribution in [0.4, 0.5) is 10.5 Å². The van der Waals surface area contributed by atoms with Gasteiger partial charge in [0.2, 0.25) is 0 Å². The van der Waals surface area contributed by atoms with Gasteiger partial charge in [0.15, 0.2) is 0 Å². The fourth-order valence-corrected chi connectivity index (χ4v) is 1.83. The Kier molecular flexibility index (Phi) is 2.76. The zero-order valence-electron chi connectivity index (χ0n) is 8.60. The van der Waals surface area contributed by atoms with E-state index in [4.69, 9.17) is 5.73 Å². The zero-order valence-corrected chi connectivity index (χ0v) is 8.60. The number of amides is 2. The lowest BCUT2D eigenvalue weighted by Gasteiger charge is -2.36. The van der Waals surface area contributed by atoms with Gasteiger partial charge in [-0.25, -0.2) is 4.79 Å². The third-order valence-corrected chi connectivity index (χ3v) is 2.63. The van der Waals surface area contributed by atoms with Crippen LogP contribution in [-0.4, -0.2) is 30.7 Å². The molecule has 1 aliphatic rings. The van der Waals surface area contributed by atoms with E-state index in [1.807, 2.05) is 30.3 Å². The monoisotopic (exact) mass is 205 g/mol. The van der Waals surface area contributed by atoms with Gasteiger partial charge in [-0.15, -0.1) is 0 Å². The second kappa shape index (κ2) is 4.21. The molecule has 0 saturated carbocycles. The van der Waals surface area contributed by atoms with E-state index in [-0.39, 0.29) is 6.03 Å². The van der Waals surface area contributed by atoms with Crippen LogP contribution < -0.4 is 10.6 Å². The Morgan fingerprint density at radius 1 is 1.20 bits per heavy atom. The molecule has 1 aromatic carbocycles. The number of para-hydroxylation sites is 1. The summed E-state index contributed by atoms with van der Waals surface area (Å²) in [5.74, 6) is 0. The van der Waals surface area contributed by atoms with E-state index in [9.17, 15) is 4.79 Å². The summed E-state index contributed by atoms with van der Waals surface area (Å²) in [4.78, 5) is 14.9. The van der Waals surface area contributed by atoms with Crippen LogP contribution in [0.1, 0.15) is 6.42 Å². The molecule has 1 fully saturated rings. The Bertz CT molecular complexity index is 339. The van der Waals surface area contributed by atoms with Crippen LogP contribution in [-0.2, 0) is 0 Å². The van der Waals surface area contributed by atoms with Crippen molar-refractivity contribution in [2.24, 2.45) is 5.73 Å².